The van der Waals surface area contributed by atoms with Crippen LogP contribution in [0.3, 0.4) is 0 Å². The first-order chi connectivity index (χ1) is 8.12. The van der Waals surface area contributed by atoms with Crippen molar-refractivity contribution in [2.75, 3.05) is 13.1 Å². The van der Waals surface area contributed by atoms with Gasteiger partial charge in [0.05, 0.1) is 6.54 Å². The van der Waals surface area contributed by atoms with Crippen molar-refractivity contribution in [3.8, 4) is 0 Å². The van der Waals surface area contributed by atoms with Gasteiger partial charge in [-0.1, -0.05) is 32.0 Å². The first-order valence-corrected chi connectivity index (χ1v) is 5.97. The van der Waals surface area contributed by atoms with Crippen LogP contribution in [-0.2, 0) is 5.41 Å². The number of nitrogens with one attached hydrogen (secondary N) is 1. The molecule has 0 bridgehead atoms. The van der Waals surface area contributed by atoms with Crippen LogP contribution < -0.4 is 5.32 Å². The van der Waals surface area contributed by atoms with Crippen molar-refractivity contribution in [3.63, 3.8) is 0 Å². The highest BCUT2D eigenvalue weighted by Gasteiger charge is 2.28. The highest BCUT2D eigenvalue weighted by Crippen LogP contribution is 2.25. The minimum Gasteiger partial charge on any atom is -0.308 e. The fraction of sp³-hybridized carbons (Fsp3) is 0.571. The Labute approximate surface area is 106 Å². The molecule has 18 heavy (non-hydrogen) atoms. The molecule has 0 aromatic heterocycles. The summed E-state index contributed by atoms with van der Waals surface area (Å²) in [7, 11) is 0. The van der Waals surface area contributed by atoms with E-state index in [0.717, 1.165) is 11.1 Å². The van der Waals surface area contributed by atoms with Crippen molar-refractivity contribution >= 4 is 0 Å². The second kappa shape index (κ2) is 5.31. The summed E-state index contributed by atoms with van der Waals surface area (Å²) in [5.41, 5.74) is 3.10. The third-order valence-electron chi connectivity index (χ3n) is 3.18. The largest absolute Gasteiger partial charge is 0.401 e. The lowest BCUT2D eigenvalue weighted by Crippen LogP contribution is -2.38. The monoisotopic (exact) mass is 259 g/mol. The van der Waals surface area contributed by atoms with Gasteiger partial charge in [0.1, 0.15) is 0 Å². The summed E-state index contributed by atoms with van der Waals surface area (Å²) in [6, 6.07) is 6.04. The van der Waals surface area contributed by atoms with Crippen molar-refractivity contribution in [1.82, 2.24) is 5.32 Å². The molecule has 0 aliphatic carbocycles. The van der Waals surface area contributed by atoms with E-state index in [1.807, 2.05) is 45.9 Å². The zero-order valence-electron chi connectivity index (χ0n) is 11.3. The smallest absolute Gasteiger partial charge is 0.308 e. The second-order valence-corrected chi connectivity index (χ2v) is 5.40. The number of aryl methyl sites for hydroxylation is 2. The van der Waals surface area contributed by atoms with E-state index in [-0.39, 0.29) is 5.41 Å². The van der Waals surface area contributed by atoms with Crippen LogP contribution in [0.25, 0.3) is 0 Å². The first-order valence-electron chi connectivity index (χ1n) is 5.97. The molecule has 1 aromatic rings. The van der Waals surface area contributed by atoms with E-state index in [2.05, 4.69) is 5.32 Å². The summed E-state index contributed by atoms with van der Waals surface area (Å²) in [4.78, 5) is 0. The molecule has 0 spiro atoms. The van der Waals surface area contributed by atoms with Gasteiger partial charge >= 0.3 is 6.18 Å². The molecule has 1 nitrogen and oxygen atoms in total. The van der Waals surface area contributed by atoms with Gasteiger partial charge in [-0.15, -0.1) is 0 Å². The molecule has 1 aromatic carbocycles. The number of halogens is 3. The standard InChI is InChI=1S/C14H20F3N/c1-10-5-6-12(7-11(10)2)13(3,4)8-18-9-14(15,16)17/h5-7,18H,8-9H2,1-4H3. The fourth-order valence-corrected chi connectivity index (χ4v) is 1.78. The molecule has 0 heterocycles. The average molecular weight is 259 g/mol. The predicted octanol–water partition coefficient (Wildman–Crippen LogP) is 3.73. The van der Waals surface area contributed by atoms with E-state index in [1.165, 1.54) is 5.56 Å². The maximum Gasteiger partial charge on any atom is 0.401 e. The van der Waals surface area contributed by atoms with Gasteiger partial charge in [-0.05, 0) is 30.5 Å². The lowest BCUT2D eigenvalue weighted by Gasteiger charge is -2.27. The van der Waals surface area contributed by atoms with Gasteiger partial charge in [-0.25, -0.2) is 0 Å². The minimum atomic E-state index is -4.15. The number of rotatable bonds is 4. The van der Waals surface area contributed by atoms with Gasteiger partial charge in [0, 0.05) is 12.0 Å². The normalized spacial score (nSPS) is 12.8. The van der Waals surface area contributed by atoms with Gasteiger partial charge in [0.25, 0.3) is 0 Å². The quantitative estimate of drug-likeness (QED) is 0.868. The Balaban J connectivity index is 2.70. The maximum atomic E-state index is 12.1. The number of hydrogen-bond acceptors (Lipinski definition) is 1. The van der Waals surface area contributed by atoms with E-state index in [9.17, 15) is 13.2 Å². The lowest BCUT2D eigenvalue weighted by molar-refractivity contribution is -0.125. The maximum absolute atomic E-state index is 12.1. The molecule has 0 aliphatic heterocycles. The molecule has 0 radical (unpaired) electrons. The van der Waals surface area contributed by atoms with Crippen LogP contribution in [0.5, 0.6) is 0 Å². The Morgan fingerprint density at radius 2 is 1.61 bits per heavy atom. The molecule has 4 heteroatoms. The van der Waals surface area contributed by atoms with Crippen LogP contribution in [0.1, 0.15) is 30.5 Å². The summed E-state index contributed by atoms with van der Waals surface area (Å²) < 4.78 is 36.3. The van der Waals surface area contributed by atoms with Crippen LogP contribution in [0.2, 0.25) is 0 Å². The molecule has 1 rings (SSSR count). The number of hydrogen-bond donors (Lipinski definition) is 1. The van der Waals surface area contributed by atoms with Crippen LogP contribution in [0, 0.1) is 13.8 Å². The van der Waals surface area contributed by atoms with E-state index < -0.39 is 12.7 Å². The van der Waals surface area contributed by atoms with Gasteiger partial charge < -0.3 is 5.32 Å². The van der Waals surface area contributed by atoms with Crippen molar-refractivity contribution in [2.45, 2.75) is 39.3 Å². The molecular formula is C14H20F3N. The lowest BCUT2D eigenvalue weighted by atomic mass is 9.83. The Morgan fingerprint density at radius 3 is 2.11 bits per heavy atom. The highest BCUT2D eigenvalue weighted by molar-refractivity contribution is 5.34. The molecular weight excluding hydrogens is 239 g/mol. The van der Waals surface area contributed by atoms with Crippen LogP contribution in [0.15, 0.2) is 18.2 Å². The zero-order chi connectivity index (χ0) is 14.0. The first kappa shape index (κ1) is 15.0. The third-order valence-corrected chi connectivity index (χ3v) is 3.18. The summed E-state index contributed by atoms with van der Waals surface area (Å²) in [5.74, 6) is 0. The van der Waals surface area contributed by atoms with Crippen LogP contribution >= 0.6 is 0 Å². The summed E-state index contributed by atoms with van der Waals surface area (Å²) >= 11 is 0. The van der Waals surface area contributed by atoms with Gasteiger partial charge in [0.15, 0.2) is 0 Å². The number of alkyl halides is 3. The van der Waals surface area contributed by atoms with Crippen molar-refractivity contribution < 1.29 is 13.2 Å². The minimum absolute atomic E-state index is 0.301. The van der Waals surface area contributed by atoms with E-state index in [4.69, 9.17) is 0 Å². The van der Waals surface area contributed by atoms with E-state index in [0.29, 0.717) is 6.54 Å². The van der Waals surface area contributed by atoms with Crippen molar-refractivity contribution in [1.29, 1.82) is 0 Å². The average Bonchev–Trinajstić information content (AvgIpc) is 2.19. The van der Waals surface area contributed by atoms with Crippen LogP contribution in [0.4, 0.5) is 13.2 Å². The Bertz CT molecular complexity index is 408. The molecule has 1 N–H and O–H groups in total. The Hall–Kier alpha value is -1.03. The Morgan fingerprint density at radius 1 is 1.00 bits per heavy atom. The predicted molar refractivity (Wildman–Crippen MR) is 67.9 cm³/mol. The molecule has 102 valence electrons. The molecule has 0 unspecified atom stereocenters. The SMILES string of the molecule is Cc1ccc(C(C)(C)CNCC(F)(F)F)cc1C. The zero-order valence-corrected chi connectivity index (χ0v) is 11.3. The third kappa shape index (κ3) is 4.33. The van der Waals surface area contributed by atoms with Crippen LogP contribution in [-0.4, -0.2) is 19.3 Å². The van der Waals surface area contributed by atoms with Crippen molar-refractivity contribution in [3.05, 3.63) is 34.9 Å². The fourth-order valence-electron chi connectivity index (χ4n) is 1.78. The number of benzene rings is 1. The Kier molecular flexibility index (Phi) is 4.43. The summed E-state index contributed by atoms with van der Waals surface area (Å²) in [6.07, 6.45) is -4.15. The van der Waals surface area contributed by atoms with E-state index in [1.54, 1.807) is 0 Å². The van der Waals surface area contributed by atoms with Crippen molar-refractivity contribution in [2.24, 2.45) is 0 Å². The molecule has 0 aliphatic rings. The topological polar surface area (TPSA) is 12.0 Å². The van der Waals surface area contributed by atoms with Gasteiger partial charge in [-0.2, -0.15) is 13.2 Å². The molecule has 0 saturated carbocycles. The molecule has 0 fully saturated rings. The second-order valence-electron chi connectivity index (χ2n) is 5.40. The molecule has 0 atom stereocenters. The summed E-state index contributed by atoms with van der Waals surface area (Å²) in [5, 5.41) is 2.47. The van der Waals surface area contributed by atoms with E-state index >= 15 is 0 Å². The highest BCUT2D eigenvalue weighted by atomic mass is 19.4. The van der Waals surface area contributed by atoms with Gasteiger partial charge in [-0.3, -0.25) is 0 Å². The molecule has 0 saturated heterocycles. The molecule has 0 amide bonds. The van der Waals surface area contributed by atoms with Gasteiger partial charge in [0.2, 0.25) is 0 Å². The summed E-state index contributed by atoms with van der Waals surface area (Å²) in [6.45, 7) is 7.28.